The monoisotopic (exact) mass is 835 g/mol. The molecule has 0 aromatic heterocycles. The minimum atomic E-state index is -0.712. The van der Waals surface area contributed by atoms with Gasteiger partial charge in [-0.3, -0.25) is 0 Å². The van der Waals surface area contributed by atoms with Crippen LogP contribution in [0.15, 0.2) is 141 Å². The quantitative estimate of drug-likeness (QED) is 0.0506. The van der Waals surface area contributed by atoms with E-state index in [9.17, 15) is 5.11 Å². The fourth-order valence-corrected chi connectivity index (χ4v) is 7.30. The van der Waals surface area contributed by atoms with Crippen LogP contribution in [0, 0.1) is 0 Å². The molecule has 0 saturated heterocycles. The van der Waals surface area contributed by atoms with Gasteiger partial charge in [-0.15, -0.1) is 0 Å². The molecule has 1 nitrogen and oxygen atoms in total. The zero-order valence-electron chi connectivity index (χ0n) is 42.6. The predicted molar refractivity (Wildman–Crippen MR) is 279 cm³/mol. The summed E-state index contributed by atoms with van der Waals surface area (Å²) >= 11 is 0. The molecule has 0 aliphatic rings. The Morgan fingerprint density at radius 3 is 0.754 bits per heavy atom. The Kier molecular flexibility index (Phi) is 35.5. The van der Waals surface area contributed by atoms with E-state index in [-0.39, 0.29) is 0 Å². The fourth-order valence-electron chi connectivity index (χ4n) is 7.30. The van der Waals surface area contributed by atoms with Crippen molar-refractivity contribution in [3.05, 3.63) is 141 Å². The third kappa shape index (κ3) is 41.9. The van der Waals surface area contributed by atoms with Gasteiger partial charge in [-0.2, -0.15) is 0 Å². The number of hydrogen-bond acceptors (Lipinski definition) is 1. The first-order chi connectivity index (χ1) is 29.0. The lowest BCUT2D eigenvalue weighted by molar-refractivity contribution is 0.132. The van der Waals surface area contributed by atoms with Crippen LogP contribution in [0.5, 0.6) is 0 Å². The van der Waals surface area contributed by atoms with Crippen LogP contribution in [0.2, 0.25) is 0 Å². The molecule has 61 heavy (non-hydrogen) atoms. The van der Waals surface area contributed by atoms with Gasteiger partial charge in [0.15, 0.2) is 0 Å². The molecule has 1 N–H and O–H groups in total. The standard InChI is InChI=1S/C60H98O/c1-50(2)31-23-34-52(4)36-25-38-54(6)40-27-42-56(8)44-29-46-58(10)48-30-47-57(9)45-28-43-55(7)41-26-39-53(5)37-24-35-51(3)32-21-19-17-15-14-16-18-20-22-33-59(11)49-60(12,13)61/h15,17-18,20,31-32,36-37,40-41,44-45,48-49,61H,14,16,19,21-30,33-35,38-39,42-43,46-47H2,1-13H3/b17-15-,20-18-,51-32-,52-36+,53-37-,54-40+,55-41-,56-44+,57-45-,58-48-,59-49-. The number of rotatable bonds is 34. The summed E-state index contributed by atoms with van der Waals surface area (Å²) in [7, 11) is 0. The van der Waals surface area contributed by atoms with Crippen molar-refractivity contribution < 1.29 is 5.11 Å². The summed E-state index contributed by atoms with van der Waals surface area (Å²) in [5.41, 5.74) is 14.2. The molecule has 344 valence electrons. The van der Waals surface area contributed by atoms with Gasteiger partial charge in [0.25, 0.3) is 0 Å². The molecule has 0 atom stereocenters. The van der Waals surface area contributed by atoms with Crippen molar-refractivity contribution in [2.75, 3.05) is 0 Å². The van der Waals surface area contributed by atoms with Gasteiger partial charge in [0, 0.05) is 0 Å². The van der Waals surface area contributed by atoms with Gasteiger partial charge >= 0.3 is 0 Å². The molecule has 0 amide bonds. The summed E-state index contributed by atoms with van der Waals surface area (Å²) < 4.78 is 0. The summed E-state index contributed by atoms with van der Waals surface area (Å²) in [6, 6.07) is 0. The molecular formula is C60H98O. The molecule has 1 heteroatoms. The lowest BCUT2D eigenvalue weighted by Gasteiger charge is -2.12. The minimum absolute atomic E-state index is 0.712. The van der Waals surface area contributed by atoms with E-state index in [2.05, 4.69) is 155 Å². The summed E-state index contributed by atoms with van der Waals surface area (Å²) in [4.78, 5) is 0. The molecule has 0 aliphatic heterocycles. The van der Waals surface area contributed by atoms with Gasteiger partial charge in [-0.1, -0.05) is 141 Å². The Hall–Kier alpha value is -3.16. The molecule has 0 aromatic carbocycles. The van der Waals surface area contributed by atoms with E-state index in [1.807, 2.05) is 19.9 Å². The predicted octanol–water partition coefficient (Wildman–Crippen LogP) is 19.9. The molecule has 0 heterocycles. The van der Waals surface area contributed by atoms with Crippen LogP contribution in [-0.4, -0.2) is 10.7 Å². The van der Waals surface area contributed by atoms with Crippen LogP contribution < -0.4 is 0 Å². The van der Waals surface area contributed by atoms with Gasteiger partial charge in [-0.25, -0.2) is 0 Å². The maximum atomic E-state index is 9.87. The molecule has 0 spiro atoms. The maximum Gasteiger partial charge on any atom is 0.0774 e. The zero-order chi connectivity index (χ0) is 45.7. The van der Waals surface area contributed by atoms with Crippen LogP contribution in [0.4, 0.5) is 0 Å². The molecule has 0 aliphatic carbocycles. The zero-order valence-corrected chi connectivity index (χ0v) is 42.6. The average molecular weight is 835 g/mol. The first-order valence-corrected chi connectivity index (χ1v) is 24.6. The highest BCUT2D eigenvalue weighted by atomic mass is 16.3. The first-order valence-electron chi connectivity index (χ1n) is 24.6. The van der Waals surface area contributed by atoms with Crippen molar-refractivity contribution in [2.24, 2.45) is 0 Å². The minimum Gasteiger partial charge on any atom is -0.386 e. The molecule has 0 aromatic rings. The van der Waals surface area contributed by atoms with Gasteiger partial charge in [0.2, 0.25) is 0 Å². The topological polar surface area (TPSA) is 20.2 Å². The molecule has 0 fully saturated rings. The lowest BCUT2D eigenvalue weighted by Crippen LogP contribution is -2.14. The van der Waals surface area contributed by atoms with E-state index in [0.29, 0.717) is 0 Å². The van der Waals surface area contributed by atoms with Crippen LogP contribution in [0.1, 0.15) is 231 Å². The second-order valence-electron chi connectivity index (χ2n) is 19.3. The van der Waals surface area contributed by atoms with Crippen LogP contribution in [-0.2, 0) is 0 Å². The van der Waals surface area contributed by atoms with Crippen molar-refractivity contribution in [3.63, 3.8) is 0 Å². The smallest absolute Gasteiger partial charge is 0.0774 e. The second-order valence-corrected chi connectivity index (χ2v) is 19.3. The van der Waals surface area contributed by atoms with Gasteiger partial charge < -0.3 is 5.11 Å². The summed E-state index contributed by atoms with van der Waals surface area (Å²) in [5.74, 6) is 0. The van der Waals surface area contributed by atoms with Crippen LogP contribution in [0.25, 0.3) is 0 Å². The molecule has 0 saturated carbocycles. The third-order valence-electron chi connectivity index (χ3n) is 11.3. The summed E-state index contributed by atoms with van der Waals surface area (Å²) in [5, 5.41) is 9.87. The highest BCUT2D eigenvalue weighted by Gasteiger charge is 2.07. The summed E-state index contributed by atoms with van der Waals surface area (Å²) in [6.07, 6.45) is 58.4. The van der Waals surface area contributed by atoms with Crippen molar-refractivity contribution in [3.8, 4) is 0 Å². The van der Waals surface area contributed by atoms with E-state index in [1.54, 1.807) is 0 Å². The van der Waals surface area contributed by atoms with Crippen molar-refractivity contribution in [2.45, 2.75) is 237 Å². The van der Waals surface area contributed by atoms with Gasteiger partial charge in [-0.05, 0) is 231 Å². The van der Waals surface area contributed by atoms with Crippen LogP contribution in [0.3, 0.4) is 0 Å². The summed E-state index contributed by atoms with van der Waals surface area (Å²) in [6.45, 7) is 28.5. The molecular weight excluding hydrogens is 737 g/mol. The first kappa shape index (κ1) is 57.8. The average Bonchev–Trinajstić information content (AvgIpc) is 3.16. The number of unbranched alkanes of at least 4 members (excludes halogenated alkanes) is 2. The normalized spacial score (nSPS) is 15.0. The highest BCUT2D eigenvalue weighted by molar-refractivity contribution is 5.11. The van der Waals surface area contributed by atoms with Crippen molar-refractivity contribution in [1.82, 2.24) is 0 Å². The molecule has 0 bridgehead atoms. The maximum absolute atomic E-state index is 9.87. The Morgan fingerprint density at radius 1 is 0.279 bits per heavy atom. The molecule has 0 radical (unpaired) electrons. The Bertz CT molecular complexity index is 1550. The Balaban J connectivity index is 4.18. The highest BCUT2D eigenvalue weighted by Crippen LogP contribution is 2.18. The van der Waals surface area contributed by atoms with E-state index in [1.165, 1.54) is 114 Å². The largest absolute Gasteiger partial charge is 0.386 e. The van der Waals surface area contributed by atoms with Crippen LogP contribution >= 0.6 is 0 Å². The van der Waals surface area contributed by atoms with E-state index in [0.717, 1.165) is 83.5 Å². The van der Waals surface area contributed by atoms with E-state index < -0.39 is 5.60 Å². The third-order valence-corrected chi connectivity index (χ3v) is 11.3. The fraction of sp³-hybridized carbons (Fsp3) is 0.600. The van der Waals surface area contributed by atoms with Crippen molar-refractivity contribution in [1.29, 1.82) is 0 Å². The molecule has 0 unspecified atom stereocenters. The Labute approximate surface area is 381 Å². The SMILES string of the molecule is CC(C)=CCC/C(C)=C/CC/C(C)=C/CC/C(C)=C/CC/C(C)=C\CC/C(C)=C\CC/C(C)=C\CC/C(C)=C\CC/C(C)=C\CC/C=C\CC/C=C\CC/C(C)=C\C(C)(C)O. The second kappa shape index (κ2) is 37.4. The van der Waals surface area contributed by atoms with Gasteiger partial charge in [0.05, 0.1) is 5.60 Å². The lowest BCUT2D eigenvalue weighted by atomic mass is 10.0. The number of hydrogen-bond donors (Lipinski definition) is 1. The van der Waals surface area contributed by atoms with E-state index >= 15 is 0 Å². The van der Waals surface area contributed by atoms with Gasteiger partial charge in [0.1, 0.15) is 0 Å². The number of allylic oxidation sites excluding steroid dienone is 23. The van der Waals surface area contributed by atoms with E-state index in [4.69, 9.17) is 0 Å². The number of aliphatic hydroxyl groups is 1. The molecule has 0 rings (SSSR count). The van der Waals surface area contributed by atoms with Crippen molar-refractivity contribution >= 4 is 0 Å². The Morgan fingerprint density at radius 2 is 0.492 bits per heavy atom.